The van der Waals surface area contributed by atoms with Crippen LogP contribution in [0.15, 0.2) is 0 Å². The van der Waals surface area contributed by atoms with Gasteiger partial charge in [0.05, 0.1) is 0 Å². The van der Waals surface area contributed by atoms with E-state index in [1.54, 1.807) is 0 Å². The molecule has 2 aliphatic rings. The number of nitrogens with zero attached hydrogens (tertiary/aromatic N) is 1. The Morgan fingerprint density at radius 2 is 1.67 bits per heavy atom. The summed E-state index contributed by atoms with van der Waals surface area (Å²) >= 11 is 3.63. The summed E-state index contributed by atoms with van der Waals surface area (Å²) in [6.45, 7) is 8.75. The van der Waals surface area contributed by atoms with Crippen molar-refractivity contribution >= 4 is 15.9 Å². The molecule has 0 amide bonds. The summed E-state index contributed by atoms with van der Waals surface area (Å²) in [5.74, 6) is 2.06. The van der Waals surface area contributed by atoms with Crippen LogP contribution in [0.25, 0.3) is 0 Å². The van der Waals surface area contributed by atoms with Gasteiger partial charge in [0.2, 0.25) is 0 Å². The average molecular weight is 274 g/mol. The number of hydrogen-bond acceptors (Lipinski definition) is 1. The maximum Gasteiger partial charge on any atom is 0.00949 e. The number of rotatable bonds is 3. The van der Waals surface area contributed by atoms with E-state index in [-0.39, 0.29) is 0 Å². The lowest BCUT2D eigenvalue weighted by molar-refractivity contribution is 0.223. The number of likely N-dealkylation sites (tertiary alicyclic amines) is 1. The molecule has 2 rings (SSSR count). The Labute approximate surface area is 103 Å². The lowest BCUT2D eigenvalue weighted by Gasteiger charge is -2.28. The molecule has 1 saturated heterocycles. The van der Waals surface area contributed by atoms with Crippen LogP contribution in [0.4, 0.5) is 0 Å². The molecule has 1 nitrogen and oxygen atoms in total. The quantitative estimate of drug-likeness (QED) is 0.712. The van der Waals surface area contributed by atoms with Crippen LogP contribution in [0.3, 0.4) is 0 Å². The largest absolute Gasteiger partial charge is 0.302 e. The summed E-state index contributed by atoms with van der Waals surface area (Å²) in [5.41, 5.74) is 0.438. The smallest absolute Gasteiger partial charge is 0.00949 e. The standard InChI is InChI=1S/C13H24BrN/c1-13(2,9-14)10-15-7-11-5-3-4-6-12(11)8-15/h11-12H,3-10H2,1-2H3. The number of halogens is 1. The van der Waals surface area contributed by atoms with Crippen LogP contribution in [0.5, 0.6) is 0 Å². The maximum atomic E-state index is 3.63. The van der Waals surface area contributed by atoms with Gasteiger partial charge in [0.15, 0.2) is 0 Å². The van der Waals surface area contributed by atoms with Gasteiger partial charge >= 0.3 is 0 Å². The van der Waals surface area contributed by atoms with E-state index in [0.717, 1.165) is 17.2 Å². The first-order valence-electron chi connectivity index (χ1n) is 6.39. The highest BCUT2D eigenvalue weighted by Gasteiger charge is 2.35. The normalized spacial score (nSPS) is 33.0. The summed E-state index contributed by atoms with van der Waals surface area (Å²) in [5, 5.41) is 1.12. The van der Waals surface area contributed by atoms with Gasteiger partial charge in [0.1, 0.15) is 0 Å². The minimum absolute atomic E-state index is 0.438. The molecule has 15 heavy (non-hydrogen) atoms. The summed E-state index contributed by atoms with van der Waals surface area (Å²) < 4.78 is 0. The summed E-state index contributed by atoms with van der Waals surface area (Å²) in [6, 6.07) is 0. The third-order valence-corrected chi connectivity index (χ3v) is 5.58. The molecule has 0 aromatic carbocycles. The average Bonchev–Trinajstić information content (AvgIpc) is 2.58. The van der Waals surface area contributed by atoms with Gasteiger partial charge in [0.25, 0.3) is 0 Å². The van der Waals surface area contributed by atoms with Gasteiger partial charge in [-0.15, -0.1) is 0 Å². The van der Waals surface area contributed by atoms with Crippen molar-refractivity contribution < 1.29 is 0 Å². The van der Waals surface area contributed by atoms with Crippen LogP contribution in [-0.4, -0.2) is 29.9 Å². The third kappa shape index (κ3) is 2.97. The van der Waals surface area contributed by atoms with Crippen molar-refractivity contribution in [2.24, 2.45) is 17.3 Å². The molecule has 2 unspecified atom stereocenters. The fraction of sp³-hybridized carbons (Fsp3) is 1.00. The molecule has 88 valence electrons. The van der Waals surface area contributed by atoms with E-state index in [0.29, 0.717) is 5.41 Å². The fourth-order valence-electron chi connectivity index (χ4n) is 3.28. The van der Waals surface area contributed by atoms with Gasteiger partial charge in [-0.2, -0.15) is 0 Å². The fourth-order valence-corrected chi connectivity index (χ4v) is 3.46. The van der Waals surface area contributed by atoms with Gasteiger partial charge in [-0.25, -0.2) is 0 Å². The number of hydrogen-bond donors (Lipinski definition) is 0. The molecule has 0 bridgehead atoms. The van der Waals surface area contributed by atoms with Crippen molar-refractivity contribution in [3.8, 4) is 0 Å². The molecule has 1 aliphatic heterocycles. The van der Waals surface area contributed by atoms with Crippen LogP contribution in [0.2, 0.25) is 0 Å². The van der Waals surface area contributed by atoms with E-state index < -0.39 is 0 Å². The highest BCUT2D eigenvalue weighted by Crippen LogP contribution is 2.37. The Morgan fingerprint density at radius 1 is 1.13 bits per heavy atom. The van der Waals surface area contributed by atoms with Crippen molar-refractivity contribution in [1.82, 2.24) is 4.90 Å². The predicted molar refractivity (Wildman–Crippen MR) is 69.5 cm³/mol. The topological polar surface area (TPSA) is 3.24 Å². The highest BCUT2D eigenvalue weighted by molar-refractivity contribution is 9.09. The van der Waals surface area contributed by atoms with Crippen molar-refractivity contribution in [2.75, 3.05) is 25.0 Å². The molecule has 2 fully saturated rings. The monoisotopic (exact) mass is 273 g/mol. The van der Waals surface area contributed by atoms with E-state index >= 15 is 0 Å². The molecule has 2 atom stereocenters. The lowest BCUT2D eigenvalue weighted by Crippen LogP contribution is -2.34. The zero-order chi connectivity index (χ0) is 10.9. The molecular formula is C13H24BrN. The summed E-state index contributed by atoms with van der Waals surface area (Å²) in [7, 11) is 0. The van der Waals surface area contributed by atoms with Crippen LogP contribution in [0, 0.1) is 17.3 Å². The lowest BCUT2D eigenvalue weighted by atomic mass is 9.82. The summed E-state index contributed by atoms with van der Waals surface area (Å²) in [6.07, 6.45) is 5.96. The zero-order valence-corrected chi connectivity index (χ0v) is 11.7. The SMILES string of the molecule is CC(C)(CBr)CN1CC2CCCCC2C1. The van der Waals surface area contributed by atoms with Crippen LogP contribution < -0.4 is 0 Å². The molecule has 1 aliphatic carbocycles. The van der Waals surface area contributed by atoms with Crippen LogP contribution in [-0.2, 0) is 0 Å². The minimum Gasteiger partial charge on any atom is -0.302 e. The second kappa shape index (κ2) is 4.75. The predicted octanol–water partition coefficient (Wildman–Crippen LogP) is 3.53. The molecule has 0 spiro atoms. The van der Waals surface area contributed by atoms with E-state index in [9.17, 15) is 0 Å². The van der Waals surface area contributed by atoms with Gasteiger partial charge in [-0.05, 0) is 30.1 Å². The summed E-state index contributed by atoms with van der Waals surface area (Å²) in [4.78, 5) is 2.71. The molecule has 1 heterocycles. The van der Waals surface area contributed by atoms with Gasteiger partial charge in [-0.1, -0.05) is 42.6 Å². The Balaban J connectivity index is 1.86. The zero-order valence-electron chi connectivity index (χ0n) is 10.1. The number of alkyl halides is 1. The second-order valence-electron chi connectivity index (χ2n) is 6.30. The maximum absolute atomic E-state index is 3.63. The first-order chi connectivity index (χ1) is 7.11. The first-order valence-corrected chi connectivity index (χ1v) is 7.51. The van der Waals surface area contributed by atoms with Gasteiger partial charge in [-0.3, -0.25) is 0 Å². The van der Waals surface area contributed by atoms with Crippen molar-refractivity contribution in [1.29, 1.82) is 0 Å². The minimum atomic E-state index is 0.438. The third-order valence-electron chi connectivity index (χ3n) is 4.07. The molecular weight excluding hydrogens is 250 g/mol. The molecule has 0 aromatic rings. The molecule has 0 aromatic heterocycles. The Bertz CT molecular complexity index is 201. The molecule has 0 radical (unpaired) electrons. The second-order valence-corrected chi connectivity index (χ2v) is 6.86. The van der Waals surface area contributed by atoms with Gasteiger partial charge in [0, 0.05) is 25.0 Å². The molecule has 0 N–H and O–H groups in total. The van der Waals surface area contributed by atoms with E-state index in [1.165, 1.54) is 45.3 Å². The van der Waals surface area contributed by atoms with E-state index in [1.807, 2.05) is 0 Å². The number of fused-ring (bicyclic) bond motifs is 1. The van der Waals surface area contributed by atoms with Crippen LogP contribution >= 0.6 is 15.9 Å². The molecule has 2 heteroatoms. The Morgan fingerprint density at radius 3 is 2.13 bits per heavy atom. The van der Waals surface area contributed by atoms with Crippen molar-refractivity contribution in [3.63, 3.8) is 0 Å². The highest BCUT2D eigenvalue weighted by atomic mass is 79.9. The van der Waals surface area contributed by atoms with Crippen molar-refractivity contribution in [3.05, 3.63) is 0 Å². The molecule has 1 saturated carbocycles. The van der Waals surface area contributed by atoms with Crippen LogP contribution in [0.1, 0.15) is 39.5 Å². The van der Waals surface area contributed by atoms with E-state index in [2.05, 4.69) is 34.7 Å². The Kier molecular flexibility index (Phi) is 3.77. The van der Waals surface area contributed by atoms with Crippen molar-refractivity contribution in [2.45, 2.75) is 39.5 Å². The van der Waals surface area contributed by atoms with E-state index in [4.69, 9.17) is 0 Å². The Hall–Kier alpha value is 0.440. The first kappa shape index (κ1) is 11.9. The van der Waals surface area contributed by atoms with Gasteiger partial charge < -0.3 is 4.90 Å².